The Bertz CT molecular complexity index is 396. The number of ether oxygens (including phenoxy) is 1. The number of nitrogens with two attached hydrogens (primary N) is 1. The summed E-state index contributed by atoms with van der Waals surface area (Å²) < 4.78 is 5.73. The van der Waals surface area contributed by atoms with Crippen molar-refractivity contribution < 1.29 is 9.84 Å². The first-order valence-corrected chi connectivity index (χ1v) is 6.77. The Morgan fingerprint density at radius 2 is 1.95 bits per heavy atom. The van der Waals surface area contributed by atoms with Crippen LogP contribution in [-0.4, -0.2) is 10.7 Å². The van der Waals surface area contributed by atoms with Gasteiger partial charge >= 0.3 is 0 Å². The summed E-state index contributed by atoms with van der Waals surface area (Å²) in [4.78, 5) is 0. The second kappa shape index (κ2) is 7.31. The van der Waals surface area contributed by atoms with E-state index >= 15 is 0 Å². The molecule has 3 N–H and O–H groups in total. The normalized spacial score (nSPS) is 13.9. The molecule has 0 saturated carbocycles. The molecule has 0 spiro atoms. The number of aliphatic hydroxyl groups excluding tert-OH is 1. The van der Waals surface area contributed by atoms with Gasteiger partial charge in [0.2, 0.25) is 0 Å². The monoisotopic (exact) mass is 263 g/mol. The lowest BCUT2D eigenvalue weighted by Crippen LogP contribution is -2.26. The number of anilines is 1. The molecule has 0 bridgehead atoms. The van der Waals surface area contributed by atoms with E-state index in [9.17, 15) is 5.11 Å². The minimum atomic E-state index is -0.905. The van der Waals surface area contributed by atoms with Crippen molar-refractivity contribution >= 4 is 5.69 Å². The van der Waals surface area contributed by atoms with Gasteiger partial charge in [0.1, 0.15) is 0 Å². The van der Waals surface area contributed by atoms with Gasteiger partial charge in [-0.15, -0.1) is 0 Å². The molecule has 106 valence electrons. The molecule has 19 heavy (non-hydrogen) atoms. The minimum Gasteiger partial charge on any atom is -0.399 e. The van der Waals surface area contributed by atoms with E-state index in [-0.39, 0.29) is 5.60 Å². The first kappa shape index (κ1) is 15.7. The van der Waals surface area contributed by atoms with Crippen molar-refractivity contribution in [1.82, 2.24) is 0 Å². The van der Waals surface area contributed by atoms with Crippen LogP contribution in [0.5, 0.6) is 0 Å². The zero-order valence-corrected chi connectivity index (χ0v) is 12.1. The fourth-order valence-electron chi connectivity index (χ4n) is 1.90. The topological polar surface area (TPSA) is 55.5 Å². The lowest BCUT2D eigenvalue weighted by Gasteiger charge is -2.28. The summed E-state index contributed by atoms with van der Waals surface area (Å²) in [5.74, 6) is 0. The molecular formula is C16H25NO2. The predicted octanol–water partition coefficient (Wildman–Crippen LogP) is 3.80. The van der Waals surface area contributed by atoms with Crippen LogP contribution in [0.15, 0.2) is 36.4 Å². The quantitative estimate of drug-likeness (QED) is 0.340. The second-order valence-corrected chi connectivity index (χ2v) is 5.36. The standard InChI is InChI=1S/C16H25NO2/c1-4-5-6-7-12-16(2,3)19-15(18)13-8-10-14(17)11-9-13/h4-5,8-11,15,18H,6-7,12,17H2,1-3H3/b5-4-. The Labute approximate surface area is 116 Å². The number of nitrogen functional groups attached to an aromatic ring is 1. The third kappa shape index (κ3) is 5.90. The van der Waals surface area contributed by atoms with Gasteiger partial charge in [-0.2, -0.15) is 0 Å². The van der Waals surface area contributed by atoms with E-state index in [0.717, 1.165) is 24.8 Å². The highest BCUT2D eigenvalue weighted by atomic mass is 16.6. The molecule has 0 amide bonds. The van der Waals surface area contributed by atoms with Crippen molar-refractivity contribution in [3.05, 3.63) is 42.0 Å². The zero-order chi connectivity index (χ0) is 14.3. The molecule has 3 nitrogen and oxygen atoms in total. The molecule has 0 heterocycles. The summed E-state index contributed by atoms with van der Waals surface area (Å²) in [6.45, 7) is 6.03. The van der Waals surface area contributed by atoms with Crippen LogP contribution < -0.4 is 5.73 Å². The van der Waals surface area contributed by atoms with Gasteiger partial charge in [0.25, 0.3) is 0 Å². The molecule has 0 aliphatic carbocycles. The molecule has 0 saturated heterocycles. The summed E-state index contributed by atoms with van der Waals surface area (Å²) in [7, 11) is 0. The van der Waals surface area contributed by atoms with Gasteiger partial charge < -0.3 is 15.6 Å². The summed E-state index contributed by atoms with van der Waals surface area (Å²) in [5, 5.41) is 10.1. The average molecular weight is 263 g/mol. The molecule has 0 aliphatic heterocycles. The number of unbranched alkanes of at least 4 members (excludes halogenated alkanes) is 1. The van der Waals surface area contributed by atoms with Crippen molar-refractivity contribution in [3.63, 3.8) is 0 Å². The van der Waals surface area contributed by atoms with Crippen LogP contribution in [0.4, 0.5) is 5.69 Å². The first-order chi connectivity index (χ1) is 8.94. The fraction of sp³-hybridized carbons (Fsp3) is 0.500. The molecule has 1 aromatic carbocycles. The predicted molar refractivity (Wildman–Crippen MR) is 79.6 cm³/mol. The number of allylic oxidation sites excluding steroid dienone is 2. The van der Waals surface area contributed by atoms with Crippen LogP contribution in [-0.2, 0) is 4.74 Å². The Kier molecular flexibility index (Phi) is 6.06. The molecule has 0 aliphatic rings. The lowest BCUT2D eigenvalue weighted by molar-refractivity contribution is -0.179. The summed E-state index contributed by atoms with van der Waals surface area (Å²) >= 11 is 0. The lowest BCUT2D eigenvalue weighted by atomic mass is 10.0. The first-order valence-electron chi connectivity index (χ1n) is 6.77. The van der Waals surface area contributed by atoms with Crippen molar-refractivity contribution in [2.24, 2.45) is 0 Å². The van der Waals surface area contributed by atoms with Crippen LogP contribution in [0, 0.1) is 0 Å². The second-order valence-electron chi connectivity index (χ2n) is 5.36. The van der Waals surface area contributed by atoms with E-state index in [1.165, 1.54) is 0 Å². The molecule has 0 radical (unpaired) electrons. The van der Waals surface area contributed by atoms with E-state index in [1.807, 2.05) is 20.8 Å². The van der Waals surface area contributed by atoms with Crippen molar-refractivity contribution in [2.75, 3.05) is 5.73 Å². The van der Waals surface area contributed by atoms with Crippen LogP contribution in [0.3, 0.4) is 0 Å². The Morgan fingerprint density at radius 1 is 1.32 bits per heavy atom. The fourth-order valence-corrected chi connectivity index (χ4v) is 1.90. The van der Waals surface area contributed by atoms with Crippen LogP contribution >= 0.6 is 0 Å². The van der Waals surface area contributed by atoms with Gasteiger partial charge in [0.15, 0.2) is 6.29 Å². The zero-order valence-electron chi connectivity index (χ0n) is 12.1. The summed E-state index contributed by atoms with van der Waals surface area (Å²) in [5.41, 5.74) is 6.69. The molecule has 0 aromatic heterocycles. The number of hydrogen-bond acceptors (Lipinski definition) is 3. The highest BCUT2D eigenvalue weighted by Gasteiger charge is 2.22. The van der Waals surface area contributed by atoms with E-state index in [1.54, 1.807) is 24.3 Å². The van der Waals surface area contributed by atoms with E-state index in [4.69, 9.17) is 10.5 Å². The largest absolute Gasteiger partial charge is 0.399 e. The van der Waals surface area contributed by atoms with Crippen molar-refractivity contribution in [2.45, 2.75) is 51.9 Å². The number of benzene rings is 1. The highest BCUT2D eigenvalue weighted by molar-refractivity contribution is 5.39. The van der Waals surface area contributed by atoms with Crippen LogP contribution in [0.1, 0.15) is 51.9 Å². The van der Waals surface area contributed by atoms with Crippen molar-refractivity contribution in [3.8, 4) is 0 Å². The highest BCUT2D eigenvalue weighted by Crippen LogP contribution is 2.26. The molecule has 1 atom stereocenters. The van der Waals surface area contributed by atoms with Crippen molar-refractivity contribution in [1.29, 1.82) is 0 Å². The maximum atomic E-state index is 10.1. The molecule has 1 aromatic rings. The maximum Gasteiger partial charge on any atom is 0.181 e. The van der Waals surface area contributed by atoms with Gasteiger partial charge in [-0.1, -0.05) is 24.3 Å². The van der Waals surface area contributed by atoms with E-state index in [0.29, 0.717) is 5.69 Å². The Hall–Kier alpha value is -1.32. The van der Waals surface area contributed by atoms with Gasteiger partial charge in [-0.05, 0) is 52.2 Å². The smallest absolute Gasteiger partial charge is 0.181 e. The number of hydrogen-bond donors (Lipinski definition) is 2. The molecule has 3 heteroatoms. The molecular weight excluding hydrogens is 238 g/mol. The SMILES string of the molecule is C/C=C\CCCC(C)(C)OC(O)c1ccc(N)cc1. The average Bonchev–Trinajstić information content (AvgIpc) is 2.35. The molecule has 0 fully saturated rings. The summed E-state index contributed by atoms with van der Waals surface area (Å²) in [6, 6.07) is 7.10. The van der Waals surface area contributed by atoms with E-state index < -0.39 is 6.29 Å². The number of rotatable bonds is 7. The third-order valence-electron chi connectivity index (χ3n) is 3.04. The summed E-state index contributed by atoms with van der Waals surface area (Å²) in [6.07, 6.45) is 6.29. The van der Waals surface area contributed by atoms with Gasteiger partial charge in [-0.25, -0.2) is 0 Å². The Balaban J connectivity index is 2.49. The van der Waals surface area contributed by atoms with Gasteiger partial charge in [0, 0.05) is 11.3 Å². The van der Waals surface area contributed by atoms with Gasteiger partial charge in [0.05, 0.1) is 5.60 Å². The van der Waals surface area contributed by atoms with Crippen LogP contribution in [0.2, 0.25) is 0 Å². The third-order valence-corrected chi connectivity index (χ3v) is 3.04. The maximum absolute atomic E-state index is 10.1. The van der Waals surface area contributed by atoms with E-state index in [2.05, 4.69) is 12.2 Å². The van der Waals surface area contributed by atoms with Crippen LogP contribution in [0.25, 0.3) is 0 Å². The Morgan fingerprint density at radius 3 is 2.53 bits per heavy atom. The molecule has 1 rings (SSSR count). The number of aliphatic hydroxyl groups is 1. The molecule has 1 unspecified atom stereocenters. The van der Waals surface area contributed by atoms with Gasteiger partial charge in [-0.3, -0.25) is 0 Å². The minimum absolute atomic E-state index is 0.345.